The van der Waals surface area contributed by atoms with Crippen LogP contribution >= 0.6 is 0 Å². The van der Waals surface area contributed by atoms with Gasteiger partial charge in [-0.1, -0.05) is 18.2 Å². The van der Waals surface area contributed by atoms with Gasteiger partial charge in [-0.05, 0) is 17.1 Å². The van der Waals surface area contributed by atoms with Gasteiger partial charge in [0.25, 0.3) is 0 Å². The van der Waals surface area contributed by atoms with E-state index in [2.05, 4.69) is 9.72 Å². The van der Waals surface area contributed by atoms with E-state index in [9.17, 15) is 14.9 Å². The van der Waals surface area contributed by atoms with Crippen molar-refractivity contribution in [3.05, 3.63) is 46.2 Å². The smallest absolute Gasteiger partial charge is 0.418 e. The monoisotopic (exact) mass is 248 g/mol. The number of nitrogens with zero attached hydrogens (tertiary/aromatic N) is 2. The molecule has 2 rings (SSSR count). The summed E-state index contributed by atoms with van der Waals surface area (Å²) >= 11 is 0. The van der Waals surface area contributed by atoms with Crippen LogP contribution in [-0.4, -0.2) is 23.0 Å². The lowest BCUT2D eigenvalue weighted by Crippen LogP contribution is -2.03. The van der Waals surface area contributed by atoms with Gasteiger partial charge in [0, 0.05) is 4.98 Å². The van der Waals surface area contributed by atoms with E-state index in [1.165, 1.54) is 0 Å². The van der Waals surface area contributed by atoms with Gasteiger partial charge in [-0.2, -0.15) is 0 Å². The average molecular weight is 248 g/mol. The lowest BCUT2D eigenvalue weighted by molar-refractivity contribution is -0.389. The highest BCUT2D eigenvalue weighted by molar-refractivity contribution is 5.90. The van der Waals surface area contributed by atoms with Gasteiger partial charge in [0.2, 0.25) is 0 Å². The van der Waals surface area contributed by atoms with Crippen LogP contribution < -0.4 is 0 Å². The van der Waals surface area contributed by atoms with Crippen LogP contribution in [0.1, 0.15) is 10.6 Å². The largest absolute Gasteiger partial charge is 0.463 e. The fraction of sp³-hybridized carbons (Fsp3) is 0.0909. The predicted octanol–water partition coefficient (Wildman–Crippen LogP) is 2.04. The number of nitro groups is 1. The fourth-order valence-corrected chi connectivity index (χ4v) is 1.37. The summed E-state index contributed by atoms with van der Waals surface area (Å²) in [5.74, 6) is -2.10. The number of ether oxygens (including phenoxy) is 1. The first-order valence-corrected chi connectivity index (χ1v) is 4.92. The number of rotatable bonds is 3. The van der Waals surface area contributed by atoms with Crippen molar-refractivity contribution in [2.45, 2.75) is 0 Å². The number of methoxy groups -OCH3 is 1. The Hall–Kier alpha value is -2.70. The first-order chi connectivity index (χ1) is 8.63. The molecule has 0 fully saturated rings. The molecule has 0 saturated heterocycles. The molecule has 7 nitrogen and oxygen atoms in total. The number of benzene rings is 1. The highest BCUT2D eigenvalue weighted by Crippen LogP contribution is 2.26. The summed E-state index contributed by atoms with van der Waals surface area (Å²) in [6.07, 6.45) is 0. The second kappa shape index (κ2) is 4.66. The molecule has 0 aliphatic heterocycles. The second-order valence-electron chi connectivity index (χ2n) is 3.29. The summed E-state index contributed by atoms with van der Waals surface area (Å²) in [5, 5.41) is 10.8. The normalized spacial score (nSPS) is 10.1. The summed E-state index contributed by atoms with van der Waals surface area (Å²) < 4.78 is 9.49. The number of aromatic nitrogens is 1. The minimum atomic E-state index is -0.934. The van der Waals surface area contributed by atoms with Gasteiger partial charge >= 0.3 is 23.4 Å². The molecule has 0 atom stereocenters. The SMILES string of the molecule is COC(=O)c1oc(-c2ccccc2)nc1[N+](=O)[O-]. The Bertz CT molecular complexity index is 591. The van der Waals surface area contributed by atoms with Crippen molar-refractivity contribution < 1.29 is 18.9 Å². The van der Waals surface area contributed by atoms with E-state index in [4.69, 9.17) is 4.42 Å². The Labute approximate surface area is 101 Å². The molecule has 0 aliphatic carbocycles. The molecule has 7 heteroatoms. The van der Waals surface area contributed by atoms with E-state index >= 15 is 0 Å². The quantitative estimate of drug-likeness (QED) is 0.468. The van der Waals surface area contributed by atoms with E-state index in [1.54, 1.807) is 30.3 Å². The molecular weight excluding hydrogens is 240 g/mol. The van der Waals surface area contributed by atoms with Crippen molar-refractivity contribution in [2.75, 3.05) is 7.11 Å². The van der Waals surface area contributed by atoms with Crippen molar-refractivity contribution in [1.82, 2.24) is 4.98 Å². The molecule has 0 bridgehead atoms. The van der Waals surface area contributed by atoms with Gasteiger partial charge in [-0.3, -0.25) is 0 Å². The van der Waals surface area contributed by atoms with Gasteiger partial charge in [-0.15, -0.1) is 0 Å². The zero-order valence-electron chi connectivity index (χ0n) is 9.32. The molecule has 0 spiro atoms. The van der Waals surface area contributed by atoms with Crippen LogP contribution in [0.5, 0.6) is 0 Å². The zero-order valence-corrected chi connectivity index (χ0v) is 9.32. The maximum absolute atomic E-state index is 11.3. The third-order valence-corrected chi connectivity index (χ3v) is 2.17. The maximum Gasteiger partial charge on any atom is 0.418 e. The van der Waals surface area contributed by atoms with Gasteiger partial charge < -0.3 is 19.3 Å². The molecule has 1 heterocycles. The van der Waals surface area contributed by atoms with Gasteiger partial charge in [-0.25, -0.2) is 4.79 Å². The van der Waals surface area contributed by atoms with E-state index < -0.39 is 22.5 Å². The number of carbonyl (C=O) groups is 1. The molecule has 2 aromatic rings. The highest BCUT2D eigenvalue weighted by atomic mass is 16.6. The van der Waals surface area contributed by atoms with Crippen LogP contribution in [0.2, 0.25) is 0 Å². The molecule has 92 valence electrons. The van der Waals surface area contributed by atoms with E-state index in [-0.39, 0.29) is 5.89 Å². The summed E-state index contributed by atoms with van der Waals surface area (Å²) in [6.45, 7) is 0. The van der Waals surface area contributed by atoms with Gasteiger partial charge in [0.05, 0.1) is 12.7 Å². The third-order valence-electron chi connectivity index (χ3n) is 2.17. The molecule has 0 unspecified atom stereocenters. The van der Waals surface area contributed by atoms with Crippen molar-refractivity contribution in [2.24, 2.45) is 0 Å². The Kier molecular flexibility index (Phi) is 3.05. The predicted molar refractivity (Wildman–Crippen MR) is 59.9 cm³/mol. The van der Waals surface area contributed by atoms with Crippen molar-refractivity contribution in [3.63, 3.8) is 0 Å². The first kappa shape index (κ1) is 11.8. The van der Waals surface area contributed by atoms with Crippen LogP contribution in [0.15, 0.2) is 34.7 Å². The standard InChI is InChI=1S/C11H8N2O5/c1-17-11(14)8-9(13(15)16)12-10(18-8)7-5-3-2-4-6-7/h2-6H,1H3. The summed E-state index contributed by atoms with van der Waals surface area (Å²) in [6, 6.07) is 8.56. The Morgan fingerprint density at radius 3 is 2.61 bits per heavy atom. The number of oxazole rings is 1. The molecular formula is C11H8N2O5. The van der Waals surface area contributed by atoms with Crippen molar-refractivity contribution in [3.8, 4) is 11.5 Å². The minimum Gasteiger partial charge on any atom is -0.463 e. The van der Waals surface area contributed by atoms with Crippen molar-refractivity contribution >= 4 is 11.8 Å². The van der Waals surface area contributed by atoms with Gasteiger partial charge in [0.15, 0.2) is 0 Å². The van der Waals surface area contributed by atoms with Crippen LogP contribution in [0.3, 0.4) is 0 Å². The van der Waals surface area contributed by atoms with Crippen LogP contribution in [-0.2, 0) is 4.74 Å². The molecule has 0 saturated carbocycles. The Morgan fingerprint density at radius 1 is 1.39 bits per heavy atom. The van der Waals surface area contributed by atoms with Crippen LogP contribution in [0.4, 0.5) is 5.82 Å². The summed E-state index contributed by atoms with van der Waals surface area (Å²) in [4.78, 5) is 25.0. The number of esters is 1. The zero-order chi connectivity index (χ0) is 13.1. The van der Waals surface area contributed by atoms with E-state index in [0.29, 0.717) is 5.56 Å². The lowest BCUT2D eigenvalue weighted by atomic mass is 10.2. The molecule has 0 radical (unpaired) electrons. The number of hydrogen-bond donors (Lipinski definition) is 0. The Balaban J connectivity index is 2.53. The van der Waals surface area contributed by atoms with Crippen molar-refractivity contribution in [1.29, 1.82) is 0 Å². The maximum atomic E-state index is 11.3. The third kappa shape index (κ3) is 2.05. The number of carbonyl (C=O) groups excluding carboxylic acids is 1. The van der Waals surface area contributed by atoms with E-state index in [0.717, 1.165) is 7.11 Å². The molecule has 0 aliphatic rings. The molecule has 0 amide bonds. The molecule has 1 aromatic carbocycles. The Morgan fingerprint density at radius 2 is 2.06 bits per heavy atom. The average Bonchev–Trinajstić information content (AvgIpc) is 2.84. The molecule has 18 heavy (non-hydrogen) atoms. The highest BCUT2D eigenvalue weighted by Gasteiger charge is 2.31. The summed E-state index contributed by atoms with van der Waals surface area (Å²) in [7, 11) is 1.11. The number of hydrogen-bond acceptors (Lipinski definition) is 6. The fourth-order valence-electron chi connectivity index (χ4n) is 1.37. The van der Waals surface area contributed by atoms with Crippen LogP contribution in [0.25, 0.3) is 11.5 Å². The summed E-state index contributed by atoms with van der Waals surface area (Å²) in [5.41, 5.74) is 0.538. The minimum absolute atomic E-state index is 0.00250. The first-order valence-electron chi connectivity index (χ1n) is 4.92. The molecule has 1 aromatic heterocycles. The molecule has 0 N–H and O–H groups in total. The van der Waals surface area contributed by atoms with Gasteiger partial charge in [0.1, 0.15) is 0 Å². The van der Waals surface area contributed by atoms with Crippen LogP contribution in [0, 0.1) is 10.1 Å². The topological polar surface area (TPSA) is 95.5 Å². The van der Waals surface area contributed by atoms with E-state index in [1.807, 2.05) is 0 Å². The lowest BCUT2D eigenvalue weighted by Gasteiger charge is -1.92. The second-order valence-corrected chi connectivity index (χ2v) is 3.29.